The fourth-order valence-electron chi connectivity index (χ4n) is 1.25. The summed E-state index contributed by atoms with van der Waals surface area (Å²) in [6, 6.07) is 10.1. The number of halogens is 1. The van der Waals surface area contributed by atoms with Gasteiger partial charge in [-0.3, -0.25) is 0 Å². The number of hydrogen-bond acceptors (Lipinski definition) is 3. The number of aromatic nitrogens is 2. The molecular weight excluding hydrogens is 260 g/mol. The highest BCUT2D eigenvalue weighted by atomic mass is 79.9. The molecule has 2 nitrogen and oxygen atoms in total. The van der Waals surface area contributed by atoms with E-state index in [2.05, 4.69) is 44.6 Å². The van der Waals surface area contributed by atoms with Crippen molar-refractivity contribution < 1.29 is 0 Å². The quantitative estimate of drug-likeness (QED) is 0.777. The lowest BCUT2D eigenvalue weighted by Crippen LogP contribution is -1.85. The molecule has 2 aromatic rings. The SMILES string of the molecule is CC(Br)c1snnc1-c1ccccc1. The summed E-state index contributed by atoms with van der Waals surface area (Å²) in [6.45, 7) is 2.08. The van der Waals surface area contributed by atoms with E-state index in [4.69, 9.17) is 0 Å². The maximum atomic E-state index is 4.15. The van der Waals surface area contributed by atoms with Gasteiger partial charge < -0.3 is 0 Å². The predicted octanol–water partition coefficient (Wildman–Crippen LogP) is 3.66. The molecule has 4 heteroatoms. The van der Waals surface area contributed by atoms with Crippen molar-refractivity contribution in [1.82, 2.24) is 9.59 Å². The van der Waals surface area contributed by atoms with Gasteiger partial charge >= 0.3 is 0 Å². The molecule has 1 aromatic heterocycles. The van der Waals surface area contributed by atoms with E-state index >= 15 is 0 Å². The molecule has 0 aliphatic heterocycles. The van der Waals surface area contributed by atoms with Gasteiger partial charge in [0.2, 0.25) is 0 Å². The smallest absolute Gasteiger partial charge is 0.110 e. The van der Waals surface area contributed by atoms with E-state index in [0.29, 0.717) is 4.83 Å². The van der Waals surface area contributed by atoms with Crippen molar-refractivity contribution in [3.63, 3.8) is 0 Å². The maximum Gasteiger partial charge on any atom is 0.110 e. The van der Waals surface area contributed by atoms with Crippen LogP contribution in [0.15, 0.2) is 30.3 Å². The lowest BCUT2D eigenvalue weighted by Gasteiger charge is -2.01. The van der Waals surface area contributed by atoms with Gasteiger partial charge in [-0.25, -0.2) is 0 Å². The minimum Gasteiger partial charge on any atom is -0.138 e. The summed E-state index contributed by atoms with van der Waals surface area (Å²) in [4.78, 5) is 1.48. The average Bonchev–Trinajstić information content (AvgIpc) is 2.67. The van der Waals surface area contributed by atoms with E-state index in [1.807, 2.05) is 18.2 Å². The summed E-state index contributed by atoms with van der Waals surface area (Å²) in [5.74, 6) is 0. The zero-order chi connectivity index (χ0) is 9.97. The number of hydrogen-bond donors (Lipinski definition) is 0. The fourth-order valence-corrected chi connectivity index (χ4v) is 2.32. The summed E-state index contributed by atoms with van der Waals surface area (Å²) >= 11 is 4.98. The topological polar surface area (TPSA) is 25.8 Å². The van der Waals surface area contributed by atoms with Gasteiger partial charge in [-0.05, 0) is 18.5 Å². The van der Waals surface area contributed by atoms with Crippen LogP contribution in [-0.2, 0) is 0 Å². The monoisotopic (exact) mass is 268 g/mol. The molecule has 0 saturated carbocycles. The van der Waals surface area contributed by atoms with Crippen molar-refractivity contribution in [2.45, 2.75) is 11.8 Å². The van der Waals surface area contributed by atoms with E-state index < -0.39 is 0 Å². The first kappa shape index (κ1) is 9.80. The standard InChI is InChI=1S/C10H9BrN2S/c1-7(11)10-9(12-13-14-10)8-5-3-2-4-6-8/h2-7H,1H3. The lowest BCUT2D eigenvalue weighted by atomic mass is 10.1. The minimum atomic E-state index is 0.303. The molecule has 0 aliphatic rings. The first-order valence-electron chi connectivity index (χ1n) is 4.31. The van der Waals surface area contributed by atoms with Crippen LogP contribution in [0.2, 0.25) is 0 Å². The first-order valence-corrected chi connectivity index (χ1v) is 5.99. The van der Waals surface area contributed by atoms with Crippen molar-refractivity contribution in [3.8, 4) is 11.3 Å². The van der Waals surface area contributed by atoms with Crippen LogP contribution in [0.25, 0.3) is 11.3 Å². The molecule has 0 N–H and O–H groups in total. The Morgan fingerprint density at radius 2 is 2.00 bits per heavy atom. The Balaban J connectivity index is 2.47. The molecule has 14 heavy (non-hydrogen) atoms. The molecule has 0 saturated heterocycles. The molecule has 1 atom stereocenters. The van der Waals surface area contributed by atoms with Crippen molar-refractivity contribution in [2.75, 3.05) is 0 Å². The number of nitrogens with zero attached hydrogens (tertiary/aromatic N) is 2. The Bertz CT molecular complexity index is 411. The highest BCUT2D eigenvalue weighted by Crippen LogP contribution is 2.33. The molecule has 0 radical (unpaired) electrons. The zero-order valence-corrected chi connectivity index (χ0v) is 10.0. The van der Waals surface area contributed by atoms with Crippen molar-refractivity contribution in [2.24, 2.45) is 0 Å². The average molecular weight is 269 g/mol. The second kappa shape index (κ2) is 4.19. The molecule has 1 heterocycles. The second-order valence-electron chi connectivity index (χ2n) is 2.97. The van der Waals surface area contributed by atoms with Crippen LogP contribution in [-0.4, -0.2) is 9.59 Å². The summed E-state index contributed by atoms with van der Waals surface area (Å²) in [6.07, 6.45) is 0. The second-order valence-corrected chi connectivity index (χ2v) is 5.13. The molecule has 0 amide bonds. The predicted molar refractivity (Wildman–Crippen MR) is 62.7 cm³/mol. The first-order chi connectivity index (χ1) is 6.79. The Hall–Kier alpha value is -0.740. The van der Waals surface area contributed by atoms with Gasteiger partial charge in [0.1, 0.15) is 5.69 Å². The third-order valence-corrected chi connectivity index (χ3v) is 3.59. The Morgan fingerprint density at radius 1 is 1.29 bits per heavy atom. The van der Waals surface area contributed by atoms with Gasteiger partial charge in [0.25, 0.3) is 0 Å². The van der Waals surface area contributed by atoms with Crippen molar-refractivity contribution in [1.29, 1.82) is 0 Å². The fraction of sp³-hybridized carbons (Fsp3) is 0.200. The third kappa shape index (κ3) is 1.86. The van der Waals surface area contributed by atoms with Gasteiger partial charge in [-0.1, -0.05) is 50.8 Å². The molecule has 0 bridgehead atoms. The maximum absolute atomic E-state index is 4.15. The summed E-state index contributed by atoms with van der Waals surface area (Å²) < 4.78 is 3.98. The largest absolute Gasteiger partial charge is 0.138 e. The van der Waals surface area contributed by atoms with Gasteiger partial charge in [-0.15, -0.1) is 5.10 Å². The molecule has 0 fully saturated rings. The zero-order valence-electron chi connectivity index (χ0n) is 7.64. The Morgan fingerprint density at radius 3 is 2.64 bits per heavy atom. The number of benzene rings is 1. The molecular formula is C10H9BrN2S. The van der Waals surface area contributed by atoms with Gasteiger partial charge in [0, 0.05) is 10.4 Å². The Labute approximate surface area is 95.3 Å². The van der Waals surface area contributed by atoms with E-state index in [9.17, 15) is 0 Å². The number of rotatable bonds is 2. The van der Waals surface area contributed by atoms with E-state index in [-0.39, 0.29) is 0 Å². The van der Waals surface area contributed by atoms with Crippen LogP contribution >= 0.6 is 27.5 Å². The molecule has 1 unspecified atom stereocenters. The summed E-state index contributed by atoms with van der Waals surface area (Å²) in [7, 11) is 0. The van der Waals surface area contributed by atoms with Crippen LogP contribution < -0.4 is 0 Å². The molecule has 72 valence electrons. The van der Waals surface area contributed by atoms with Crippen molar-refractivity contribution in [3.05, 3.63) is 35.2 Å². The highest BCUT2D eigenvalue weighted by Gasteiger charge is 2.13. The summed E-state index contributed by atoms with van der Waals surface area (Å²) in [5, 5.41) is 4.15. The van der Waals surface area contributed by atoms with Crippen LogP contribution in [0.5, 0.6) is 0 Å². The number of alkyl halides is 1. The molecule has 0 spiro atoms. The van der Waals surface area contributed by atoms with Crippen LogP contribution in [0.1, 0.15) is 16.6 Å². The van der Waals surface area contributed by atoms with Crippen LogP contribution in [0.3, 0.4) is 0 Å². The van der Waals surface area contributed by atoms with Crippen molar-refractivity contribution >= 4 is 27.5 Å². The van der Waals surface area contributed by atoms with Gasteiger partial charge in [-0.2, -0.15) is 0 Å². The van der Waals surface area contributed by atoms with Gasteiger partial charge in [0.15, 0.2) is 0 Å². The molecule has 0 aliphatic carbocycles. The normalized spacial score (nSPS) is 12.7. The van der Waals surface area contributed by atoms with E-state index in [1.54, 1.807) is 0 Å². The van der Waals surface area contributed by atoms with Crippen LogP contribution in [0, 0.1) is 0 Å². The minimum absolute atomic E-state index is 0.303. The highest BCUT2D eigenvalue weighted by molar-refractivity contribution is 9.09. The van der Waals surface area contributed by atoms with Gasteiger partial charge in [0.05, 0.1) is 4.88 Å². The molecule has 1 aromatic carbocycles. The Kier molecular flexibility index (Phi) is 2.93. The summed E-state index contributed by atoms with van der Waals surface area (Å²) in [5.41, 5.74) is 2.11. The van der Waals surface area contributed by atoms with E-state index in [1.165, 1.54) is 16.4 Å². The van der Waals surface area contributed by atoms with E-state index in [0.717, 1.165) is 11.3 Å². The third-order valence-electron chi connectivity index (χ3n) is 1.92. The lowest BCUT2D eigenvalue weighted by molar-refractivity contribution is 1.12. The van der Waals surface area contributed by atoms with Crippen LogP contribution in [0.4, 0.5) is 0 Å². The molecule has 2 rings (SSSR count).